The molecule has 0 saturated heterocycles. The van der Waals surface area contributed by atoms with Gasteiger partial charge in [0.2, 0.25) is 0 Å². The molecule has 0 spiro atoms. The zero-order chi connectivity index (χ0) is 10.7. The van der Waals surface area contributed by atoms with Crippen molar-refractivity contribution in [2.45, 2.75) is 0 Å². The average molecular weight is 219 g/mol. The van der Waals surface area contributed by atoms with Crippen molar-refractivity contribution < 1.29 is 9.90 Å². The van der Waals surface area contributed by atoms with E-state index < -0.39 is 0 Å². The van der Waals surface area contributed by atoms with Crippen LogP contribution in [0, 0.1) is 0 Å². The molecule has 0 fully saturated rings. The van der Waals surface area contributed by atoms with Crippen molar-refractivity contribution in [3.8, 4) is 5.75 Å². The third kappa shape index (κ3) is 2.35. The number of rotatable bonds is 2. The van der Waals surface area contributed by atoms with Gasteiger partial charge in [0, 0.05) is 11.8 Å². The van der Waals surface area contributed by atoms with E-state index in [2.05, 4.69) is 5.32 Å². The molecule has 0 aliphatic rings. The number of anilines is 1. The molecule has 1 aromatic heterocycles. The molecule has 0 radical (unpaired) electrons. The second-order valence-electron chi connectivity index (χ2n) is 2.98. The smallest absolute Gasteiger partial charge is 0.265 e. The van der Waals surface area contributed by atoms with Crippen LogP contribution in [0.15, 0.2) is 41.8 Å². The first-order valence-corrected chi connectivity index (χ1v) is 5.27. The zero-order valence-corrected chi connectivity index (χ0v) is 8.62. The van der Waals surface area contributed by atoms with Crippen LogP contribution in [0.4, 0.5) is 5.69 Å². The molecule has 1 aromatic carbocycles. The quantitative estimate of drug-likeness (QED) is 0.815. The predicted octanol–water partition coefficient (Wildman–Crippen LogP) is 2.71. The van der Waals surface area contributed by atoms with E-state index in [0.29, 0.717) is 10.6 Å². The summed E-state index contributed by atoms with van der Waals surface area (Å²) in [6.45, 7) is 0. The van der Waals surface area contributed by atoms with Gasteiger partial charge < -0.3 is 10.4 Å². The van der Waals surface area contributed by atoms with E-state index in [4.69, 9.17) is 0 Å². The highest BCUT2D eigenvalue weighted by atomic mass is 32.1. The lowest BCUT2D eigenvalue weighted by Crippen LogP contribution is -2.09. The molecule has 0 aliphatic heterocycles. The molecule has 1 heterocycles. The second-order valence-corrected chi connectivity index (χ2v) is 3.93. The number of amides is 1. The lowest BCUT2D eigenvalue weighted by molar-refractivity contribution is 0.103. The average Bonchev–Trinajstić information content (AvgIpc) is 2.70. The Kier molecular flexibility index (Phi) is 2.69. The summed E-state index contributed by atoms with van der Waals surface area (Å²) >= 11 is 1.38. The number of thiophene rings is 1. The molecule has 15 heavy (non-hydrogen) atoms. The third-order valence-electron chi connectivity index (χ3n) is 1.85. The Morgan fingerprint density at radius 3 is 2.80 bits per heavy atom. The lowest BCUT2D eigenvalue weighted by Gasteiger charge is -2.03. The number of carbonyl (C=O) groups is 1. The number of carbonyl (C=O) groups excluding carboxylic acids is 1. The molecule has 0 unspecified atom stereocenters. The Morgan fingerprint density at radius 1 is 1.27 bits per heavy atom. The van der Waals surface area contributed by atoms with Gasteiger partial charge in [-0.15, -0.1) is 11.3 Å². The largest absolute Gasteiger partial charge is 0.508 e. The fourth-order valence-electron chi connectivity index (χ4n) is 1.18. The van der Waals surface area contributed by atoms with E-state index >= 15 is 0 Å². The van der Waals surface area contributed by atoms with Gasteiger partial charge in [0.15, 0.2) is 0 Å². The van der Waals surface area contributed by atoms with Crippen LogP contribution in [0.5, 0.6) is 5.75 Å². The van der Waals surface area contributed by atoms with E-state index in [-0.39, 0.29) is 11.7 Å². The molecule has 0 saturated carbocycles. The molecule has 4 heteroatoms. The molecule has 0 aliphatic carbocycles. The fourth-order valence-corrected chi connectivity index (χ4v) is 1.80. The van der Waals surface area contributed by atoms with Gasteiger partial charge in [0.25, 0.3) is 5.91 Å². The van der Waals surface area contributed by atoms with Crippen LogP contribution < -0.4 is 5.32 Å². The highest BCUT2D eigenvalue weighted by Gasteiger charge is 2.06. The minimum Gasteiger partial charge on any atom is -0.508 e. The molecular formula is C11H9NO2S. The van der Waals surface area contributed by atoms with E-state index in [0.717, 1.165) is 0 Å². The maximum atomic E-state index is 11.6. The van der Waals surface area contributed by atoms with Crippen LogP contribution in [0.1, 0.15) is 9.67 Å². The van der Waals surface area contributed by atoms with Gasteiger partial charge >= 0.3 is 0 Å². The van der Waals surface area contributed by atoms with Gasteiger partial charge in [0.05, 0.1) is 4.88 Å². The topological polar surface area (TPSA) is 49.3 Å². The summed E-state index contributed by atoms with van der Waals surface area (Å²) in [7, 11) is 0. The van der Waals surface area contributed by atoms with E-state index in [1.165, 1.54) is 17.4 Å². The number of phenols is 1. The first-order valence-electron chi connectivity index (χ1n) is 4.39. The van der Waals surface area contributed by atoms with Crippen molar-refractivity contribution in [3.63, 3.8) is 0 Å². The van der Waals surface area contributed by atoms with E-state index in [1.807, 2.05) is 11.4 Å². The van der Waals surface area contributed by atoms with Crippen molar-refractivity contribution in [2.24, 2.45) is 0 Å². The molecule has 0 atom stereocenters. The van der Waals surface area contributed by atoms with Gasteiger partial charge in [-0.25, -0.2) is 0 Å². The second kappa shape index (κ2) is 4.14. The van der Waals surface area contributed by atoms with Gasteiger partial charge in [-0.2, -0.15) is 0 Å². The normalized spacial score (nSPS) is 9.87. The van der Waals surface area contributed by atoms with Crippen LogP contribution in [0.25, 0.3) is 0 Å². The molecule has 0 bridgehead atoms. The summed E-state index contributed by atoms with van der Waals surface area (Å²) in [6, 6.07) is 10.0. The number of aromatic hydroxyl groups is 1. The Bertz CT molecular complexity index is 465. The van der Waals surface area contributed by atoms with Crippen LogP contribution in [-0.2, 0) is 0 Å². The Labute approximate surface area is 91.0 Å². The Balaban J connectivity index is 2.13. The first kappa shape index (κ1) is 9.73. The lowest BCUT2D eigenvalue weighted by atomic mass is 10.3. The van der Waals surface area contributed by atoms with Gasteiger partial charge in [-0.1, -0.05) is 12.1 Å². The number of phenolic OH excluding ortho intramolecular Hbond substituents is 1. The molecule has 2 rings (SSSR count). The summed E-state index contributed by atoms with van der Waals surface area (Å²) < 4.78 is 0. The molecular weight excluding hydrogens is 210 g/mol. The molecule has 2 aromatic rings. The zero-order valence-electron chi connectivity index (χ0n) is 7.81. The van der Waals surface area contributed by atoms with E-state index in [1.54, 1.807) is 24.3 Å². The molecule has 3 nitrogen and oxygen atoms in total. The number of nitrogens with one attached hydrogen (secondary N) is 1. The van der Waals surface area contributed by atoms with Crippen LogP contribution in [0.2, 0.25) is 0 Å². The van der Waals surface area contributed by atoms with Crippen LogP contribution >= 0.6 is 11.3 Å². The van der Waals surface area contributed by atoms with Crippen molar-refractivity contribution >= 4 is 22.9 Å². The standard InChI is InChI=1S/C11H9NO2S/c13-9-4-1-3-8(7-9)12-11(14)10-5-2-6-15-10/h1-7,13H,(H,12,14). The minimum absolute atomic E-state index is 0.138. The summed E-state index contributed by atoms with van der Waals surface area (Å²) in [4.78, 5) is 12.3. The van der Waals surface area contributed by atoms with Gasteiger partial charge in [0.1, 0.15) is 5.75 Å². The summed E-state index contributed by atoms with van der Waals surface area (Å²) in [5.74, 6) is -0.0189. The number of hydrogen-bond donors (Lipinski definition) is 2. The Morgan fingerprint density at radius 2 is 2.13 bits per heavy atom. The molecule has 1 amide bonds. The molecule has 76 valence electrons. The summed E-state index contributed by atoms with van der Waals surface area (Å²) in [6.07, 6.45) is 0. The SMILES string of the molecule is O=C(Nc1cccc(O)c1)c1cccs1. The number of benzene rings is 1. The summed E-state index contributed by atoms with van der Waals surface area (Å²) in [5.41, 5.74) is 0.591. The first-order chi connectivity index (χ1) is 7.25. The third-order valence-corrected chi connectivity index (χ3v) is 2.72. The highest BCUT2D eigenvalue weighted by molar-refractivity contribution is 7.12. The Hall–Kier alpha value is -1.81. The fraction of sp³-hybridized carbons (Fsp3) is 0. The number of hydrogen-bond acceptors (Lipinski definition) is 3. The van der Waals surface area contributed by atoms with Crippen LogP contribution in [-0.4, -0.2) is 11.0 Å². The minimum atomic E-state index is -0.157. The van der Waals surface area contributed by atoms with Crippen LogP contribution in [0.3, 0.4) is 0 Å². The predicted molar refractivity (Wildman–Crippen MR) is 60.4 cm³/mol. The van der Waals surface area contributed by atoms with Crippen molar-refractivity contribution in [3.05, 3.63) is 46.7 Å². The van der Waals surface area contributed by atoms with Crippen molar-refractivity contribution in [1.82, 2.24) is 0 Å². The van der Waals surface area contributed by atoms with Crippen molar-refractivity contribution in [2.75, 3.05) is 5.32 Å². The van der Waals surface area contributed by atoms with Gasteiger partial charge in [-0.3, -0.25) is 4.79 Å². The van der Waals surface area contributed by atoms with Crippen molar-refractivity contribution in [1.29, 1.82) is 0 Å². The summed E-state index contributed by atoms with van der Waals surface area (Å²) in [5, 5.41) is 13.7. The highest BCUT2D eigenvalue weighted by Crippen LogP contribution is 2.17. The maximum Gasteiger partial charge on any atom is 0.265 e. The monoisotopic (exact) mass is 219 g/mol. The van der Waals surface area contributed by atoms with Gasteiger partial charge in [-0.05, 0) is 23.6 Å². The molecule has 2 N–H and O–H groups in total. The van der Waals surface area contributed by atoms with E-state index in [9.17, 15) is 9.90 Å². The maximum absolute atomic E-state index is 11.6.